The number of carbonyl (C=O) groups excluding carboxylic acids is 1. The Morgan fingerprint density at radius 2 is 2.00 bits per heavy atom. The van der Waals surface area contributed by atoms with Crippen LogP contribution in [-0.4, -0.2) is 23.6 Å². The second-order valence-electron chi connectivity index (χ2n) is 4.65. The number of benzene rings is 2. The first kappa shape index (κ1) is 16.0. The second-order valence-corrected chi connectivity index (χ2v) is 5.56. The first-order valence-corrected chi connectivity index (χ1v) is 7.27. The lowest BCUT2D eigenvalue weighted by Gasteiger charge is -2.10. The first-order chi connectivity index (χ1) is 10.5. The topological polar surface area (TPSA) is 75.6 Å². The van der Waals surface area contributed by atoms with Crippen LogP contribution in [0, 0.1) is 6.92 Å². The highest BCUT2D eigenvalue weighted by Gasteiger charge is 2.13. The highest BCUT2D eigenvalue weighted by atomic mass is 79.9. The molecule has 0 heterocycles. The van der Waals surface area contributed by atoms with Crippen LogP contribution in [0.5, 0.6) is 5.75 Å². The van der Waals surface area contributed by atoms with E-state index in [2.05, 4.69) is 21.2 Å². The van der Waals surface area contributed by atoms with Crippen molar-refractivity contribution < 1.29 is 19.4 Å². The molecule has 6 heteroatoms. The van der Waals surface area contributed by atoms with Crippen LogP contribution in [0.4, 0.5) is 5.69 Å². The average Bonchev–Trinajstić information content (AvgIpc) is 2.47. The zero-order valence-electron chi connectivity index (χ0n) is 11.8. The van der Waals surface area contributed by atoms with Gasteiger partial charge in [0.15, 0.2) is 6.61 Å². The van der Waals surface area contributed by atoms with E-state index in [0.29, 0.717) is 10.2 Å². The van der Waals surface area contributed by atoms with E-state index in [1.807, 2.05) is 25.1 Å². The fourth-order valence-corrected chi connectivity index (χ4v) is 2.20. The predicted octanol–water partition coefficient (Wildman–Crippen LogP) is 3.47. The number of rotatable bonds is 5. The van der Waals surface area contributed by atoms with E-state index in [1.54, 1.807) is 12.1 Å². The number of anilines is 1. The van der Waals surface area contributed by atoms with Crippen LogP contribution < -0.4 is 10.1 Å². The fraction of sp³-hybridized carbons (Fsp3) is 0.125. The van der Waals surface area contributed by atoms with Gasteiger partial charge >= 0.3 is 5.97 Å². The van der Waals surface area contributed by atoms with Crippen molar-refractivity contribution in [2.75, 3.05) is 11.9 Å². The monoisotopic (exact) mass is 363 g/mol. The normalized spacial score (nSPS) is 10.1. The van der Waals surface area contributed by atoms with Gasteiger partial charge in [-0.05, 0) is 42.8 Å². The molecule has 22 heavy (non-hydrogen) atoms. The number of amides is 1. The molecule has 0 saturated carbocycles. The van der Waals surface area contributed by atoms with Crippen molar-refractivity contribution in [1.29, 1.82) is 0 Å². The molecule has 0 unspecified atom stereocenters. The van der Waals surface area contributed by atoms with Gasteiger partial charge in [0.1, 0.15) is 5.75 Å². The van der Waals surface area contributed by atoms with Crippen molar-refractivity contribution in [3.8, 4) is 5.75 Å². The molecule has 0 spiro atoms. The maximum Gasteiger partial charge on any atom is 0.337 e. The molecule has 2 rings (SSSR count). The maximum absolute atomic E-state index is 11.9. The molecule has 0 bridgehead atoms. The molecule has 0 aliphatic carbocycles. The van der Waals surface area contributed by atoms with E-state index in [4.69, 9.17) is 9.84 Å². The summed E-state index contributed by atoms with van der Waals surface area (Å²) in [6.45, 7) is 1.73. The summed E-state index contributed by atoms with van der Waals surface area (Å²) in [5.41, 5.74) is 1.27. The maximum atomic E-state index is 11.9. The molecular formula is C16H14BrNO4. The molecule has 0 atom stereocenters. The lowest BCUT2D eigenvalue weighted by molar-refractivity contribution is -0.118. The number of carboxylic acid groups (broad SMARTS) is 1. The largest absolute Gasteiger partial charge is 0.484 e. The van der Waals surface area contributed by atoms with Crippen molar-refractivity contribution in [3.63, 3.8) is 0 Å². The van der Waals surface area contributed by atoms with Crippen LogP contribution >= 0.6 is 15.9 Å². The molecule has 2 N–H and O–H groups in total. The van der Waals surface area contributed by atoms with Crippen molar-refractivity contribution in [2.24, 2.45) is 0 Å². The van der Waals surface area contributed by atoms with Crippen molar-refractivity contribution in [2.45, 2.75) is 6.92 Å². The number of aromatic carboxylic acids is 1. The zero-order chi connectivity index (χ0) is 16.1. The number of hydrogen-bond donors (Lipinski definition) is 2. The van der Waals surface area contributed by atoms with Gasteiger partial charge in [0.25, 0.3) is 5.91 Å². The minimum Gasteiger partial charge on any atom is -0.484 e. The SMILES string of the molecule is Cc1cccc(OCC(=O)Nc2ccc(Br)cc2C(=O)O)c1. The van der Waals surface area contributed by atoms with Crippen LogP contribution in [-0.2, 0) is 4.79 Å². The minimum atomic E-state index is -1.11. The molecule has 0 aliphatic heterocycles. The first-order valence-electron chi connectivity index (χ1n) is 6.48. The van der Waals surface area contributed by atoms with E-state index in [1.165, 1.54) is 12.1 Å². The summed E-state index contributed by atoms with van der Waals surface area (Å²) in [5, 5.41) is 11.7. The highest BCUT2D eigenvalue weighted by molar-refractivity contribution is 9.10. The van der Waals surface area contributed by atoms with Gasteiger partial charge < -0.3 is 15.2 Å². The van der Waals surface area contributed by atoms with Gasteiger partial charge in [-0.15, -0.1) is 0 Å². The Bertz CT molecular complexity index is 715. The quantitative estimate of drug-likeness (QED) is 0.852. The Kier molecular flexibility index (Phi) is 5.16. The summed E-state index contributed by atoms with van der Waals surface area (Å²) in [7, 11) is 0. The van der Waals surface area contributed by atoms with Crippen LogP contribution in [0.3, 0.4) is 0 Å². The molecule has 114 valence electrons. The summed E-state index contributed by atoms with van der Waals surface area (Å²) in [6, 6.07) is 11.9. The molecular weight excluding hydrogens is 350 g/mol. The summed E-state index contributed by atoms with van der Waals surface area (Å²) >= 11 is 3.20. The Hall–Kier alpha value is -2.34. The summed E-state index contributed by atoms with van der Waals surface area (Å²) in [6.07, 6.45) is 0. The smallest absolute Gasteiger partial charge is 0.337 e. The molecule has 0 fully saturated rings. The summed E-state index contributed by atoms with van der Waals surface area (Å²) in [4.78, 5) is 23.1. The van der Waals surface area contributed by atoms with E-state index >= 15 is 0 Å². The number of hydrogen-bond acceptors (Lipinski definition) is 3. The number of carboxylic acids is 1. The molecule has 5 nitrogen and oxygen atoms in total. The van der Waals surface area contributed by atoms with Crippen LogP contribution in [0.1, 0.15) is 15.9 Å². The fourth-order valence-electron chi connectivity index (χ4n) is 1.84. The van der Waals surface area contributed by atoms with Gasteiger partial charge in [-0.1, -0.05) is 28.1 Å². The number of nitrogens with one attached hydrogen (secondary N) is 1. The van der Waals surface area contributed by atoms with Crippen LogP contribution in [0.15, 0.2) is 46.9 Å². The zero-order valence-corrected chi connectivity index (χ0v) is 13.4. The van der Waals surface area contributed by atoms with Crippen molar-refractivity contribution in [1.82, 2.24) is 0 Å². The third-order valence-electron chi connectivity index (χ3n) is 2.85. The number of aryl methyl sites for hydroxylation is 1. The summed E-state index contributed by atoms with van der Waals surface area (Å²) < 4.78 is 6.00. The van der Waals surface area contributed by atoms with Gasteiger partial charge in [0, 0.05) is 4.47 Å². The molecule has 2 aromatic rings. The second kappa shape index (κ2) is 7.09. The van der Waals surface area contributed by atoms with Crippen molar-refractivity contribution >= 4 is 33.5 Å². The van der Waals surface area contributed by atoms with Gasteiger partial charge in [0.2, 0.25) is 0 Å². The average molecular weight is 364 g/mol. The van der Waals surface area contributed by atoms with Crippen LogP contribution in [0.2, 0.25) is 0 Å². The lowest BCUT2D eigenvalue weighted by Crippen LogP contribution is -2.21. The van der Waals surface area contributed by atoms with Gasteiger partial charge in [-0.3, -0.25) is 4.79 Å². The molecule has 0 saturated heterocycles. The van der Waals surface area contributed by atoms with Gasteiger partial charge in [-0.2, -0.15) is 0 Å². The molecule has 0 aliphatic rings. The Balaban J connectivity index is 2.02. The third kappa shape index (κ3) is 4.33. The molecule has 0 radical (unpaired) electrons. The third-order valence-corrected chi connectivity index (χ3v) is 3.34. The molecule has 1 amide bonds. The lowest BCUT2D eigenvalue weighted by atomic mass is 10.2. The molecule has 2 aromatic carbocycles. The Labute approximate surface area is 136 Å². The van der Waals surface area contributed by atoms with Gasteiger partial charge in [-0.25, -0.2) is 4.79 Å². The van der Waals surface area contributed by atoms with Crippen molar-refractivity contribution in [3.05, 3.63) is 58.1 Å². The number of halogens is 1. The summed E-state index contributed by atoms with van der Waals surface area (Å²) in [5.74, 6) is -0.952. The number of ether oxygens (including phenoxy) is 1. The standard InChI is InChI=1S/C16H14BrNO4/c1-10-3-2-4-12(7-10)22-9-15(19)18-14-6-5-11(17)8-13(14)16(20)21/h2-8H,9H2,1H3,(H,18,19)(H,20,21). The van der Waals surface area contributed by atoms with E-state index in [9.17, 15) is 9.59 Å². The van der Waals surface area contributed by atoms with E-state index in [0.717, 1.165) is 5.56 Å². The number of carbonyl (C=O) groups is 2. The minimum absolute atomic E-state index is 0.0123. The Morgan fingerprint density at radius 1 is 1.23 bits per heavy atom. The Morgan fingerprint density at radius 3 is 2.68 bits per heavy atom. The van der Waals surface area contributed by atoms with E-state index in [-0.39, 0.29) is 17.9 Å². The van der Waals surface area contributed by atoms with Gasteiger partial charge in [0.05, 0.1) is 11.3 Å². The highest BCUT2D eigenvalue weighted by Crippen LogP contribution is 2.21. The van der Waals surface area contributed by atoms with Crippen LogP contribution in [0.25, 0.3) is 0 Å². The predicted molar refractivity (Wildman–Crippen MR) is 86.4 cm³/mol. The van der Waals surface area contributed by atoms with E-state index < -0.39 is 11.9 Å². The molecule has 0 aromatic heterocycles.